The van der Waals surface area contributed by atoms with Crippen molar-refractivity contribution in [1.82, 2.24) is 10.3 Å². The fourth-order valence-corrected chi connectivity index (χ4v) is 5.54. The molecule has 227 valence electrons. The molecule has 12 heteroatoms. The number of nitrogens with one attached hydrogen (secondary N) is 1. The van der Waals surface area contributed by atoms with E-state index in [4.69, 9.17) is 9.72 Å². The molecule has 1 radical (unpaired) electrons. The van der Waals surface area contributed by atoms with E-state index in [1.54, 1.807) is 19.1 Å². The van der Waals surface area contributed by atoms with Crippen LogP contribution in [-0.2, 0) is 23.4 Å². The number of alkyl halides is 3. The number of rotatable bonds is 7. The van der Waals surface area contributed by atoms with Gasteiger partial charge in [0, 0.05) is 15.4 Å². The number of carboxylic acid groups (broad SMARTS) is 1. The van der Waals surface area contributed by atoms with E-state index in [0.717, 1.165) is 16.1 Å². The maximum Gasteiger partial charge on any atom is 2.00 e. The van der Waals surface area contributed by atoms with Crippen molar-refractivity contribution in [3.05, 3.63) is 101 Å². The number of carbonyl (C=O) groups is 2. The summed E-state index contributed by atoms with van der Waals surface area (Å²) in [5.41, 5.74) is 1.49. The van der Waals surface area contributed by atoms with Crippen molar-refractivity contribution in [3.63, 3.8) is 0 Å². The summed E-state index contributed by atoms with van der Waals surface area (Å²) >= 11 is 3.46. The topological polar surface area (TPSA) is 97.8 Å². The first kappa shape index (κ1) is 33.4. The monoisotopic (exact) mass is 705 g/mol. The summed E-state index contributed by atoms with van der Waals surface area (Å²) in [5, 5.41) is 13.3. The van der Waals surface area contributed by atoms with E-state index >= 15 is 0 Å². The quantitative estimate of drug-likeness (QED) is 0.192. The average Bonchev–Trinajstić information content (AvgIpc) is 2.95. The molecule has 2 unspecified atom stereocenters. The van der Waals surface area contributed by atoms with Gasteiger partial charge < -0.3 is 26.8 Å². The van der Waals surface area contributed by atoms with E-state index in [2.05, 4.69) is 32.9 Å². The summed E-state index contributed by atoms with van der Waals surface area (Å²) in [5.74, 6) is -2.52. The molecule has 4 aromatic rings. The molecule has 0 saturated heterocycles. The molecule has 1 aromatic heterocycles. The summed E-state index contributed by atoms with van der Waals surface area (Å²) in [7, 11) is 0. The van der Waals surface area contributed by atoms with Gasteiger partial charge in [-0.25, -0.2) is 4.98 Å². The Labute approximate surface area is 272 Å². The standard InChI is InChI=1S/C32H26BrF3N2O5.V/c1-18-27(21-16-20(33)12-13-22(21)37-28(18)19-8-4-3-5-9-19)29(39)38-23-14-15-31(2,30(40)41)17-26(23)42-24-10-6-7-11-25(24)43-32(34,35)36;/h3-13,16,26H,2,14-15,17H2,1H3,(H,38,39)(H,40,41);/q-2;+2. The van der Waals surface area contributed by atoms with E-state index in [9.17, 15) is 27.9 Å². The van der Waals surface area contributed by atoms with E-state index in [0.29, 0.717) is 33.8 Å². The Balaban J connectivity index is 0.00000442. The van der Waals surface area contributed by atoms with E-state index in [1.807, 2.05) is 36.4 Å². The number of hydrogen-bond donors (Lipinski definition) is 2. The number of carboxylic acids is 1. The molecule has 3 aromatic carbocycles. The summed E-state index contributed by atoms with van der Waals surface area (Å²) in [6.45, 7) is 5.65. The smallest absolute Gasteiger partial charge is 0.517 e. The second-order valence-corrected chi connectivity index (χ2v) is 11.3. The van der Waals surface area contributed by atoms with Gasteiger partial charge >= 0.3 is 24.9 Å². The number of pyridine rings is 1. The maximum absolute atomic E-state index is 14.1. The number of hydrogen-bond acceptors (Lipinski definition) is 5. The zero-order valence-corrected chi connectivity index (χ0v) is 26.3. The molecule has 0 spiro atoms. The number of fused-ring (bicyclic) bond motifs is 1. The predicted octanol–water partition coefficient (Wildman–Crippen LogP) is 7.67. The van der Waals surface area contributed by atoms with Crippen LogP contribution in [0.2, 0.25) is 0 Å². The van der Waals surface area contributed by atoms with Gasteiger partial charge in [-0.05, 0) is 48.9 Å². The average molecular weight is 706 g/mol. The molecule has 44 heavy (non-hydrogen) atoms. The van der Waals surface area contributed by atoms with Crippen LogP contribution in [0, 0.1) is 25.3 Å². The second-order valence-electron chi connectivity index (χ2n) is 10.4. The number of nitrogens with zero attached hydrogens (tertiary/aromatic N) is 1. The summed E-state index contributed by atoms with van der Waals surface area (Å²) in [6, 6.07) is 20.3. The third-order valence-electron chi connectivity index (χ3n) is 7.37. The van der Waals surface area contributed by atoms with Gasteiger partial charge in [0.2, 0.25) is 5.91 Å². The van der Waals surface area contributed by atoms with Crippen LogP contribution in [0.25, 0.3) is 22.2 Å². The molecule has 2 N–H and O–H groups in total. The largest absolute Gasteiger partial charge is 2.00 e. The molecule has 0 aliphatic heterocycles. The zero-order valence-electron chi connectivity index (χ0n) is 23.3. The third-order valence-corrected chi connectivity index (χ3v) is 7.87. The van der Waals surface area contributed by atoms with Gasteiger partial charge in [-0.1, -0.05) is 76.7 Å². The van der Waals surface area contributed by atoms with Crippen molar-refractivity contribution in [1.29, 1.82) is 0 Å². The Kier molecular flexibility index (Phi) is 10.0. The number of halogens is 4. The third kappa shape index (κ3) is 7.22. The maximum atomic E-state index is 14.1. The van der Waals surface area contributed by atoms with Gasteiger partial charge in [0.1, 0.15) is 0 Å². The van der Waals surface area contributed by atoms with E-state index in [1.165, 1.54) is 18.2 Å². The number of amides is 1. The van der Waals surface area contributed by atoms with E-state index < -0.39 is 35.5 Å². The predicted molar refractivity (Wildman–Crippen MR) is 157 cm³/mol. The van der Waals surface area contributed by atoms with Crippen LogP contribution in [0.1, 0.15) is 35.2 Å². The minimum atomic E-state index is -4.98. The molecule has 1 aliphatic carbocycles. The van der Waals surface area contributed by atoms with Crippen LogP contribution < -0.4 is 14.8 Å². The molecule has 0 bridgehead atoms. The van der Waals surface area contributed by atoms with Gasteiger partial charge in [0.15, 0.2) is 11.5 Å². The molecule has 1 fully saturated rings. The van der Waals surface area contributed by atoms with Crippen molar-refractivity contribution in [2.24, 2.45) is 5.41 Å². The van der Waals surface area contributed by atoms with Crippen LogP contribution in [0.15, 0.2) is 77.3 Å². The van der Waals surface area contributed by atoms with Crippen molar-refractivity contribution in [3.8, 4) is 22.8 Å². The Morgan fingerprint density at radius 2 is 1.75 bits per heavy atom. The first-order chi connectivity index (χ1) is 20.3. The van der Waals surface area contributed by atoms with Crippen molar-refractivity contribution in [2.75, 3.05) is 0 Å². The molecule has 5 rings (SSSR count). The van der Waals surface area contributed by atoms with Gasteiger partial charge in [-0.2, -0.15) is 12.5 Å². The van der Waals surface area contributed by atoms with Gasteiger partial charge in [0.05, 0.1) is 16.8 Å². The number of para-hydroxylation sites is 2. The van der Waals surface area contributed by atoms with Crippen molar-refractivity contribution >= 4 is 38.7 Å². The van der Waals surface area contributed by atoms with E-state index in [-0.39, 0.29) is 43.6 Å². The minimum absolute atomic E-state index is 0. The summed E-state index contributed by atoms with van der Waals surface area (Å²) in [4.78, 5) is 30.9. The number of carbonyl (C=O) groups excluding carboxylic acids is 1. The summed E-state index contributed by atoms with van der Waals surface area (Å²) in [6.07, 6.45) is -6.14. The molecule has 1 saturated carbocycles. The fourth-order valence-electron chi connectivity index (χ4n) is 5.18. The Morgan fingerprint density at radius 3 is 2.41 bits per heavy atom. The normalized spacial score (nSPS) is 18.7. The first-order valence-corrected chi connectivity index (χ1v) is 14.1. The van der Waals surface area contributed by atoms with Crippen LogP contribution in [0.5, 0.6) is 11.5 Å². The van der Waals surface area contributed by atoms with Crippen LogP contribution in [-0.4, -0.2) is 34.4 Å². The first-order valence-electron chi connectivity index (χ1n) is 13.3. The molecular formula is C32H26BrF3N2O5V. The van der Waals surface area contributed by atoms with Crippen LogP contribution >= 0.6 is 15.9 Å². The van der Waals surface area contributed by atoms with Gasteiger partial charge in [-0.3, -0.25) is 9.59 Å². The molecule has 2 atom stereocenters. The Bertz CT molecular complexity index is 1690. The number of aliphatic carboxylic acids is 1. The zero-order chi connectivity index (χ0) is 30.9. The van der Waals surface area contributed by atoms with Crippen LogP contribution in [0.3, 0.4) is 0 Å². The Morgan fingerprint density at radius 1 is 1.09 bits per heavy atom. The molecule has 1 heterocycles. The van der Waals surface area contributed by atoms with Crippen molar-refractivity contribution in [2.45, 2.75) is 38.7 Å². The number of aromatic nitrogens is 1. The van der Waals surface area contributed by atoms with Crippen molar-refractivity contribution < 1.29 is 55.9 Å². The second kappa shape index (κ2) is 13.2. The summed E-state index contributed by atoms with van der Waals surface area (Å²) < 4.78 is 50.1. The molecule has 1 amide bonds. The molecule has 7 nitrogen and oxygen atoms in total. The number of benzene rings is 3. The van der Waals surface area contributed by atoms with Gasteiger partial charge in [0.25, 0.3) is 5.97 Å². The molecular weight excluding hydrogens is 680 g/mol. The molecule has 1 aliphatic rings. The minimum Gasteiger partial charge on any atom is -0.517 e. The van der Waals surface area contributed by atoms with Gasteiger partial charge in [-0.15, -0.1) is 13.2 Å². The van der Waals surface area contributed by atoms with Crippen LogP contribution in [0.4, 0.5) is 13.2 Å². The SMILES string of the molecule is [CH2-]C1(C(=O)O)CC[C-](NC(=O)c2c(C)c(-c3ccccc3)nc3ccc(Br)cc23)C(Oc2ccccc2OC(F)(F)F)C1.[V+2]. The fraction of sp³-hybridized carbons (Fsp3) is 0.219. The number of ether oxygens (including phenoxy) is 2. The Hall–Kier alpha value is -3.54.